The van der Waals surface area contributed by atoms with Crippen LogP contribution in [0.3, 0.4) is 0 Å². The maximum Gasteiger partial charge on any atom is 0.215 e. The Morgan fingerprint density at radius 1 is 0.900 bits per heavy atom. The lowest BCUT2D eigenvalue weighted by Gasteiger charge is -2.43. The highest BCUT2D eigenvalue weighted by Gasteiger charge is 2.41. The highest BCUT2D eigenvalue weighted by Crippen LogP contribution is 2.40. The Bertz CT molecular complexity index is 1330. The number of anilines is 3. The van der Waals surface area contributed by atoms with Crippen molar-refractivity contribution >= 4 is 17.2 Å². The van der Waals surface area contributed by atoms with Gasteiger partial charge in [-0.05, 0) is 63.0 Å². The summed E-state index contributed by atoms with van der Waals surface area (Å²) >= 11 is 0. The van der Waals surface area contributed by atoms with Crippen LogP contribution in [0.5, 0.6) is 11.6 Å². The molecule has 1 aliphatic carbocycles. The molecule has 40 heavy (non-hydrogen) atoms. The molecule has 2 bridgehead atoms. The van der Waals surface area contributed by atoms with Crippen LogP contribution in [0.25, 0.3) is 11.3 Å². The third kappa shape index (κ3) is 5.01. The van der Waals surface area contributed by atoms with Gasteiger partial charge < -0.3 is 35.4 Å². The summed E-state index contributed by atoms with van der Waals surface area (Å²) in [6, 6.07) is 14.0. The Hall–Kier alpha value is -3.63. The van der Waals surface area contributed by atoms with E-state index >= 15 is 0 Å². The summed E-state index contributed by atoms with van der Waals surface area (Å²) in [5.74, 6) is 1.29. The monoisotopic (exact) mass is 543 g/mol. The number of phenolic OH excluding ortho intramolecular Hbond substituents is 1. The SMILES string of the molecule is Nc1nnc(-c2ccccc2O)cc1N1C[C@H]2CC[C@H](C1)N2c1ccnc(OC2CC(OC3CCNCC3)C2)c1. The van der Waals surface area contributed by atoms with Gasteiger partial charge in [-0.1, -0.05) is 12.1 Å². The lowest BCUT2D eigenvalue weighted by Crippen LogP contribution is -2.54. The number of fused-ring (bicyclic) bond motifs is 2. The molecule has 3 aliphatic heterocycles. The molecule has 4 fully saturated rings. The Labute approximate surface area is 234 Å². The molecule has 1 saturated carbocycles. The summed E-state index contributed by atoms with van der Waals surface area (Å²) in [4.78, 5) is 9.38. The summed E-state index contributed by atoms with van der Waals surface area (Å²) in [5.41, 5.74) is 9.61. The van der Waals surface area contributed by atoms with Gasteiger partial charge in [0, 0.05) is 61.5 Å². The molecule has 5 heterocycles. The number of nitrogens with two attached hydrogens (primary N) is 1. The van der Waals surface area contributed by atoms with Crippen LogP contribution in [0.2, 0.25) is 0 Å². The fourth-order valence-corrected chi connectivity index (χ4v) is 6.71. The van der Waals surface area contributed by atoms with Crippen LogP contribution in [0.1, 0.15) is 38.5 Å². The maximum atomic E-state index is 10.3. The number of rotatable bonds is 7. The van der Waals surface area contributed by atoms with Gasteiger partial charge >= 0.3 is 0 Å². The van der Waals surface area contributed by atoms with Gasteiger partial charge in [0.25, 0.3) is 0 Å². The second-order valence-electron chi connectivity index (χ2n) is 11.5. The van der Waals surface area contributed by atoms with Crippen LogP contribution in [0.15, 0.2) is 48.7 Å². The Balaban J connectivity index is 1.01. The third-order valence-corrected chi connectivity index (χ3v) is 8.83. The number of piperidine rings is 1. The topological polar surface area (TPSA) is 122 Å². The number of benzene rings is 1. The number of hydrogen-bond donors (Lipinski definition) is 3. The minimum atomic E-state index is 0.170. The van der Waals surface area contributed by atoms with E-state index < -0.39 is 0 Å². The van der Waals surface area contributed by atoms with Crippen LogP contribution in [-0.4, -0.2) is 76.9 Å². The predicted molar refractivity (Wildman–Crippen MR) is 154 cm³/mol. The van der Waals surface area contributed by atoms with E-state index in [0.717, 1.165) is 76.1 Å². The van der Waals surface area contributed by atoms with Gasteiger partial charge in [-0.3, -0.25) is 0 Å². The van der Waals surface area contributed by atoms with E-state index in [9.17, 15) is 5.11 Å². The van der Waals surface area contributed by atoms with E-state index in [-0.39, 0.29) is 11.9 Å². The number of phenols is 1. The second kappa shape index (κ2) is 10.7. The number of aromatic nitrogens is 3. The molecule has 2 aromatic heterocycles. The van der Waals surface area contributed by atoms with E-state index in [1.807, 2.05) is 24.4 Å². The smallest absolute Gasteiger partial charge is 0.215 e. The van der Waals surface area contributed by atoms with Gasteiger partial charge in [0.2, 0.25) is 5.88 Å². The third-order valence-electron chi connectivity index (χ3n) is 8.83. The molecule has 0 spiro atoms. The van der Waals surface area contributed by atoms with Gasteiger partial charge in [0.15, 0.2) is 5.82 Å². The van der Waals surface area contributed by atoms with E-state index in [2.05, 4.69) is 42.4 Å². The number of pyridine rings is 1. The van der Waals surface area contributed by atoms with Crippen molar-refractivity contribution in [2.75, 3.05) is 41.7 Å². The van der Waals surface area contributed by atoms with Gasteiger partial charge in [0.05, 0.1) is 23.6 Å². The lowest BCUT2D eigenvalue weighted by atomic mass is 9.91. The predicted octanol–water partition coefficient (Wildman–Crippen LogP) is 3.36. The lowest BCUT2D eigenvalue weighted by molar-refractivity contribution is -0.103. The zero-order valence-corrected chi connectivity index (χ0v) is 22.7. The van der Waals surface area contributed by atoms with Crippen LogP contribution in [-0.2, 0) is 4.74 Å². The minimum Gasteiger partial charge on any atom is -0.507 e. The van der Waals surface area contributed by atoms with Crippen LogP contribution < -0.4 is 25.6 Å². The van der Waals surface area contributed by atoms with Crippen molar-refractivity contribution in [3.05, 3.63) is 48.7 Å². The highest BCUT2D eigenvalue weighted by atomic mass is 16.5. The number of nitrogen functional groups attached to an aromatic ring is 1. The Morgan fingerprint density at radius 2 is 1.68 bits per heavy atom. The molecule has 10 nitrogen and oxygen atoms in total. The Kier molecular flexibility index (Phi) is 6.81. The summed E-state index contributed by atoms with van der Waals surface area (Å²) in [5, 5.41) is 22.2. The van der Waals surface area contributed by atoms with Crippen molar-refractivity contribution in [2.45, 2.75) is 68.9 Å². The largest absolute Gasteiger partial charge is 0.507 e. The molecule has 4 N–H and O–H groups in total. The molecule has 10 heteroatoms. The molecule has 2 atom stereocenters. The first-order valence-electron chi connectivity index (χ1n) is 14.5. The van der Waals surface area contributed by atoms with Crippen LogP contribution >= 0.6 is 0 Å². The van der Waals surface area contributed by atoms with Crippen molar-refractivity contribution in [1.82, 2.24) is 20.5 Å². The average Bonchev–Trinajstić information content (AvgIpc) is 3.22. The molecule has 0 amide bonds. The van der Waals surface area contributed by atoms with Crippen molar-refractivity contribution in [3.8, 4) is 22.9 Å². The van der Waals surface area contributed by atoms with Gasteiger partial charge in [-0.15, -0.1) is 10.2 Å². The van der Waals surface area contributed by atoms with Gasteiger partial charge in [-0.2, -0.15) is 0 Å². The minimum absolute atomic E-state index is 0.170. The quantitative estimate of drug-likeness (QED) is 0.409. The zero-order valence-electron chi connectivity index (χ0n) is 22.7. The van der Waals surface area contributed by atoms with E-state index in [4.69, 9.17) is 15.2 Å². The molecule has 0 radical (unpaired) electrons. The molecular weight excluding hydrogens is 506 g/mol. The number of nitrogens with zero attached hydrogens (tertiary/aromatic N) is 5. The standard InChI is InChI=1S/C30H37N7O3/c31-30-27(16-26(34-35-30)25-3-1-2-4-28(25)38)36-17-20-5-6-21(18-36)37(20)19-7-12-33-29(13-19)40-24-14-23(15-24)39-22-8-10-32-11-9-22/h1-4,7,12-13,16,20-24,32,38H,5-6,8-11,14-15,17-18H2,(H2,31,35)/t20-,21-,23?,24?/m1/s1. The highest BCUT2D eigenvalue weighted by molar-refractivity contribution is 5.74. The number of piperazine rings is 1. The first-order valence-corrected chi connectivity index (χ1v) is 14.5. The molecule has 1 aromatic carbocycles. The number of nitrogens with one attached hydrogen (secondary N) is 1. The van der Waals surface area contributed by atoms with E-state index in [1.54, 1.807) is 12.1 Å². The first kappa shape index (κ1) is 25.3. The molecule has 4 aliphatic rings. The second-order valence-corrected chi connectivity index (χ2v) is 11.5. The zero-order chi connectivity index (χ0) is 27.1. The molecule has 0 unspecified atom stereocenters. The summed E-state index contributed by atoms with van der Waals surface area (Å²) in [6.45, 7) is 3.78. The number of hydrogen-bond acceptors (Lipinski definition) is 10. The summed E-state index contributed by atoms with van der Waals surface area (Å²) in [7, 11) is 0. The maximum absolute atomic E-state index is 10.3. The van der Waals surface area contributed by atoms with Crippen molar-refractivity contribution in [2.24, 2.45) is 0 Å². The molecule has 3 aromatic rings. The van der Waals surface area contributed by atoms with Crippen molar-refractivity contribution < 1.29 is 14.6 Å². The van der Waals surface area contributed by atoms with Gasteiger partial charge in [-0.25, -0.2) is 4.98 Å². The van der Waals surface area contributed by atoms with Crippen molar-refractivity contribution in [3.63, 3.8) is 0 Å². The number of ether oxygens (including phenoxy) is 2. The number of aromatic hydroxyl groups is 1. The van der Waals surface area contributed by atoms with Crippen LogP contribution in [0, 0.1) is 0 Å². The van der Waals surface area contributed by atoms with E-state index in [1.165, 1.54) is 0 Å². The normalized spacial score (nSPS) is 26.5. The molecular formula is C30H37N7O3. The van der Waals surface area contributed by atoms with Gasteiger partial charge in [0.1, 0.15) is 11.9 Å². The van der Waals surface area contributed by atoms with Crippen molar-refractivity contribution in [1.29, 1.82) is 0 Å². The summed E-state index contributed by atoms with van der Waals surface area (Å²) < 4.78 is 12.5. The first-order chi connectivity index (χ1) is 19.6. The molecule has 3 saturated heterocycles. The average molecular weight is 544 g/mol. The molecule has 210 valence electrons. The Morgan fingerprint density at radius 3 is 2.45 bits per heavy atom. The summed E-state index contributed by atoms with van der Waals surface area (Å²) in [6.07, 6.45) is 9.02. The fraction of sp³-hybridized carbons (Fsp3) is 0.500. The van der Waals surface area contributed by atoms with Crippen LogP contribution in [0.4, 0.5) is 17.2 Å². The molecule has 7 rings (SSSR count). The number of para-hydroxylation sites is 1. The fourth-order valence-electron chi connectivity index (χ4n) is 6.71. The van der Waals surface area contributed by atoms with E-state index in [0.29, 0.717) is 47.2 Å².